The van der Waals surface area contributed by atoms with Crippen LogP contribution in [0.3, 0.4) is 0 Å². The molecule has 2 aromatic rings. The van der Waals surface area contributed by atoms with Crippen LogP contribution in [-0.4, -0.2) is 0 Å². The van der Waals surface area contributed by atoms with Gasteiger partial charge >= 0.3 is 6.18 Å². The molecule has 0 saturated heterocycles. The molecular formula is C16H12F3N. The molecule has 1 aliphatic heterocycles. The highest BCUT2D eigenvalue weighted by molar-refractivity contribution is 5.71. The predicted octanol–water partition coefficient (Wildman–Crippen LogP) is 4.89. The summed E-state index contributed by atoms with van der Waals surface area (Å²) in [5.74, 6) is 0. The molecule has 1 atom stereocenters. The zero-order chi connectivity index (χ0) is 14.2. The van der Waals surface area contributed by atoms with Crippen molar-refractivity contribution >= 4 is 11.8 Å². The van der Waals surface area contributed by atoms with Gasteiger partial charge in [-0.3, -0.25) is 0 Å². The number of hydrogen-bond donors (Lipinski definition) is 1. The Kier molecular flexibility index (Phi) is 3.01. The van der Waals surface area contributed by atoms with E-state index in [9.17, 15) is 13.2 Å². The van der Waals surface area contributed by atoms with E-state index >= 15 is 0 Å². The molecule has 0 aromatic heterocycles. The van der Waals surface area contributed by atoms with Crippen LogP contribution >= 0.6 is 0 Å². The Morgan fingerprint density at radius 1 is 0.900 bits per heavy atom. The fraction of sp³-hybridized carbons (Fsp3) is 0.125. The monoisotopic (exact) mass is 275 g/mol. The highest BCUT2D eigenvalue weighted by Crippen LogP contribution is 2.33. The number of nitrogens with one attached hydrogen (secondary N) is 1. The quantitative estimate of drug-likeness (QED) is 0.781. The van der Waals surface area contributed by atoms with Gasteiger partial charge in [-0.2, -0.15) is 13.2 Å². The summed E-state index contributed by atoms with van der Waals surface area (Å²) < 4.78 is 37.6. The molecule has 20 heavy (non-hydrogen) atoms. The zero-order valence-corrected chi connectivity index (χ0v) is 10.5. The Hall–Kier alpha value is -2.23. The highest BCUT2D eigenvalue weighted by Gasteiger charge is 2.30. The van der Waals surface area contributed by atoms with Gasteiger partial charge in [-0.25, -0.2) is 0 Å². The van der Waals surface area contributed by atoms with Crippen molar-refractivity contribution in [2.75, 3.05) is 5.32 Å². The third kappa shape index (κ3) is 2.41. The van der Waals surface area contributed by atoms with Crippen LogP contribution in [-0.2, 0) is 6.18 Å². The van der Waals surface area contributed by atoms with Crippen molar-refractivity contribution in [2.45, 2.75) is 12.2 Å². The average molecular weight is 275 g/mol. The van der Waals surface area contributed by atoms with Crippen LogP contribution in [0, 0.1) is 0 Å². The normalized spacial score (nSPS) is 17.4. The Balaban J connectivity index is 1.85. The number of benzene rings is 2. The lowest BCUT2D eigenvalue weighted by Gasteiger charge is -2.23. The summed E-state index contributed by atoms with van der Waals surface area (Å²) in [6, 6.07) is 13.0. The van der Waals surface area contributed by atoms with Gasteiger partial charge in [0.2, 0.25) is 0 Å². The van der Waals surface area contributed by atoms with Crippen LogP contribution in [0.25, 0.3) is 6.08 Å². The van der Waals surface area contributed by atoms with E-state index in [4.69, 9.17) is 0 Å². The number of anilines is 1. The molecular weight excluding hydrogens is 263 g/mol. The number of alkyl halides is 3. The summed E-state index contributed by atoms with van der Waals surface area (Å²) in [7, 11) is 0. The third-order valence-electron chi connectivity index (χ3n) is 3.34. The minimum Gasteiger partial charge on any atom is -0.374 e. The van der Waals surface area contributed by atoms with Gasteiger partial charge in [-0.15, -0.1) is 0 Å². The molecule has 2 aromatic carbocycles. The zero-order valence-electron chi connectivity index (χ0n) is 10.5. The van der Waals surface area contributed by atoms with Gasteiger partial charge in [0, 0.05) is 5.69 Å². The maximum Gasteiger partial charge on any atom is 0.416 e. The molecule has 1 nitrogen and oxygen atoms in total. The Morgan fingerprint density at radius 2 is 1.60 bits per heavy atom. The van der Waals surface area contributed by atoms with Crippen LogP contribution in [0.15, 0.2) is 54.6 Å². The minimum absolute atomic E-state index is 0.104. The van der Waals surface area contributed by atoms with E-state index in [1.807, 2.05) is 36.4 Å². The molecule has 0 bridgehead atoms. The van der Waals surface area contributed by atoms with Gasteiger partial charge in [0.25, 0.3) is 0 Å². The Morgan fingerprint density at radius 3 is 2.30 bits per heavy atom. The van der Waals surface area contributed by atoms with Crippen LogP contribution in [0.4, 0.5) is 18.9 Å². The smallest absolute Gasteiger partial charge is 0.374 e. The second kappa shape index (κ2) is 4.71. The molecule has 1 unspecified atom stereocenters. The van der Waals surface area contributed by atoms with Crippen molar-refractivity contribution in [3.05, 3.63) is 71.3 Å². The van der Waals surface area contributed by atoms with Crippen LogP contribution in [0.5, 0.6) is 0 Å². The van der Waals surface area contributed by atoms with E-state index < -0.39 is 11.7 Å². The van der Waals surface area contributed by atoms with Crippen molar-refractivity contribution in [3.8, 4) is 0 Å². The molecule has 102 valence electrons. The first-order chi connectivity index (χ1) is 9.54. The first-order valence-corrected chi connectivity index (χ1v) is 6.25. The van der Waals surface area contributed by atoms with Gasteiger partial charge in [-0.1, -0.05) is 42.5 Å². The third-order valence-corrected chi connectivity index (χ3v) is 3.34. The van der Waals surface area contributed by atoms with Crippen molar-refractivity contribution in [1.29, 1.82) is 0 Å². The molecule has 1 heterocycles. The Labute approximate surface area is 114 Å². The topological polar surface area (TPSA) is 12.0 Å². The van der Waals surface area contributed by atoms with Crippen molar-refractivity contribution in [2.24, 2.45) is 0 Å². The molecule has 3 rings (SSSR count). The average Bonchev–Trinajstić information content (AvgIpc) is 2.46. The van der Waals surface area contributed by atoms with E-state index in [0.29, 0.717) is 0 Å². The summed E-state index contributed by atoms with van der Waals surface area (Å²) in [4.78, 5) is 0. The summed E-state index contributed by atoms with van der Waals surface area (Å²) in [5.41, 5.74) is 2.25. The summed E-state index contributed by atoms with van der Waals surface area (Å²) in [5, 5.41) is 3.30. The maximum absolute atomic E-state index is 12.5. The van der Waals surface area contributed by atoms with Crippen molar-refractivity contribution in [1.82, 2.24) is 0 Å². The van der Waals surface area contributed by atoms with Crippen LogP contribution in [0.2, 0.25) is 0 Å². The molecule has 1 aliphatic rings. The van der Waals surface area contributed by atoms with E-state index in [1.54, 1.807) is 0 Å². The number of hydrogen-bond acceptors (Lipinski definition) is 1. The first-order valence-electron chi connectivity index (χ1n) is 6.25. The standard InChI is InChI=1S/C16H12F3N/c17-16(18,19)13-8-5-12(6-9-13)15-10-7-11-3-1-2-4-14(11)20-15/h1-10,15,20H. The molecule has 0 radical (unpaired) electrons. The molecule has 0 saturated carbocycles. The lowest BCUT2D eigenvalue weighted by molar-refractivity contribution is -0.137. The molecule has 0 amide bonds. The largest absolute Gasteiger partial charge is 0.416 e. The van der Waals surface area contributed by atoms with Gasteiger partial charge in [-0.05, 0) is 29.3 Å². The summed E-state index contributed by atoms with van der Waals surface area (Å²) in [6.07, 6.45) is -0.361. The lowest BCUT2D eigenvalue weighted by atomic mass is 9.99. The van der Waals surface area contributed by atoms with Crippen molar-refractivity contribution in [3.63, 3.8) is 0 Å². The Bertz CT molecular complexity index is 642. The van der Waals surface area contributed by atoms with Crippen LogP contribution in [0.1, 0.15) is 22.7 Å². The van der Waals surface area contributed by atoms with E-state index in [-0.39, 0.29) is 6.04 Å². The van der Waals surface area contributed by atoms with Gasteiger partial charge in [0.15, 0.2) is 0 Å². The molecule has 0 fully saturated rings. The number of rotatable bonds is 1. The van der Waals surface area contributed by atoms with Gasteiger partial charge < -0.3 is 5.32 Å². The van der Waals surface area contributed by atoms with Gasteiger partial charge in [0.05, 0.1) is 11.6 Å². The maximum atomic E-state index is 12.5. The van der Waals surface area contributed by atoms with E-state index in [2.05, 4.69) is 5.32 Å². The molecule has 0 aliphatic carbocycles. The van der Waals surface area contributed by atoms with E-state index in [0.717, 1.165) is 28.9 Å². The number of para-hydroxylation sites is 1. The van der Waals surface area contributed by atoms with Gasteiger partial charge in [0.1, 0.15) is 0 Å². The first kappa shape index (κ1) is 12.8. The predicted molar refractivity (Wildman–Crippen MR) is 73.3 cm³/mol. The van der Waals surface area contributed by atoms with E-state index in [1.165, 1.54) is 12.1 Å². The number of fused-ring (bicyclic) bond motifs is 1. The summed E-state index contributed by atoms with van der Waals surface area (Å²) in [6.45, 7) is 0. The summed E-state index contributed by atoms with van der Waals surface area (Å²) >= 11 is 0. The lowest BCUT2D eigenvalue weighted by Crippen LogP contribution is -2.12. The fourth-order valence-corrected chi connectivity index (χ4v) is 2.26. The molecule has 1 N–H and O–H groups in total. The highest BCUT2D eigenvalue weighted by atomic mass is 19.4. The van der Waals surface area contributed by atoms with Crippen LogP contribution < -0.4 is 5.32 Å². The second-order valence-electron chi connectivity index (χ2n) is 4.69. The van der Waals surface area contributed by atoms with Crippen molar-refractivity contribution < 1.29 is 13.2 Å². The molecule has 0 spiro atoms. The minimum atomic E-state index is -4.29. The SMILES string of the molecule is FC(F)(F)c1ccc(C2C=Cc3ccccc3N2)cc1. The number of halogens is 3. The fourth-order valence-electron chi connectivity index (χ4n) is 2.26. The molecule has 4 heteroatoms. The second-order valence-corrected chi connectivity index (χ2v) is 4.69.